The van der Waals surface area contributed by atoms with Crippen LogP contribution in [0.4, 0.5) is 5.69 Å². The van der Waals surface area contributed by atoms with Crippen LogP contribution in [0.1, 0.15) is 22.5 Å². The van der Waals surface area contributed by atoms with E-state index in [9.17, 15) is 9.59 Å². The van der Waals surface area contributed by atoms with Gasteiger partial charge in [0.2, 0.25) is 5.91 Å². The Morgan fingerprint density at radius 3 is 2.77 bits per heavy atom. The highest BCUT2D eigenvalue weighted by Crippen LogP contribution is 2.22. The van der Waals surface area contributed by atoms with E-state index < -0.39 is 5.97 Å². The summed E-state index contributed by atoms with van der Waals surface area (Å²) in [4.78, 5) is 28.7. The zero-order chi connectivity index (χ0) is 21.1. The Bertz CT molecular complexity index is 1250. The second-order valence-electron chi connectivity index (χ2n) is 6.54. The maximum absolute atomic E-state index is 12.4. The predicted octanol–water partition coefficient (Wildman–Crippen LogP) is 2.64. The van der Waals surface area contributed by atoms with Crippen molar-refractivity contribution in [1.29, 1.82) is 0 Å². The summed E-state index contributed by atoms with van der Waals surface area (Å²) >= 11 is 0. The van der Waals surface area contributed by atoms with Gasteiger partial charge in [-0.1, -0.05) is 17.3 Å². The van der Waals surface area contributed by atoms with Crippen molar-refractivity contribution in [2.24, 2.45) is 0 Å². The second-order valence-corrected chi connectivity index (χ2v) is 6.54. The number of nitrogens with one attached hydrogen (secondary N) is 1. The Morgan fingerprint density at radius 2 is 1.97 bits per heavy atom. The van der Waals surface area contributed by atoms with Gasteiger partial charge < -0.3 is 14.8 Å². The molecule has 1 N–H and O–H groups in total. The lowest BCUT2D eigenvalue weighted by Crippen LogP contribution is -2.15. The molecule has 2 aromatic heterocycles. The number of nitrogens with zero attached hydrogens (tertiary/aromatic N) is 4. The van der Waals surface area contributed by atoms with Crippen molar-refractivity contribution in [1.82, 2.24) is 19.8 Å². The van der Waals surface area contributed by atoms with E-state index in [4.69, 9.17) is 9.47 Å². The van der Waals surface area contributed by atoms with Crippen molar-refractivity contribution in [3.05, 3.63) is 59.9 Å². The van der Waals surface area contributed by atoms with Crippen molar-refractivity contribution in [2.75, 3.05) is 19.5 Å². The van der Waals surface area contributed by atoms with Crippen LogP contribution in [-0.4, -0.2) is 45.9 Å². The van der Waals surface area contributed by atoms with Crippen LogP contribution in [0.15, 0.2) is 48.7 Å². The molecule has 0 saturated carbocycles. The number of anilines is 1. The summed E-state index contributed by atoms with van der Waals surface area (Å²) in [6.45, 7) is 0. The van der Waals surface area contributed by atoms with Gasteiger partial charge in [0.15, 0.2) is 5.65 Å². The molecule has 0 fully saturated rings. The van der Waals surface area contributed by atoms with Crippen LogP contribution in [-0.2, 0) is 16.0 Å². The van der Waals surface area contributed by atoms with E-state index in [2.05, 4.69) is 20.6 Å². The quantitative estimate of drug-likeness (QED) is 0.491. The molecule has 9 nitrogen and oxygen atoms in total. The first-order chi connectivity index (χ1) is 14.6. The molecule has 0 atom stereocenters. The molecule has 9 heteroatoms. The number of benzene rings is 2. The van der Waals surface area contributed by atoms with Gasteiger partial charge in [-0.15, -0.1) is 5.10 Å². The Hall–Kier alpha value is -4.01. The molecule has 1 amide bonds. The summed E-state index contributed by atoms with van der Waals surface area (Å²) in [5, 5.41) is 12.0. The first-order valence-corrected chi connectivity index (χ1v) is 9.25. The Labute approximate surface area is 171 Å². The predicted molar refractivity (Wildman–Crippen MR) is 110 cm³/mol. The van der Waals surface area contributed by atoms with Crippen molar-refractivity contribution < 1.29 is 19.1 Å². The molecule has 0 unspecified atom stereocenters. The normalized spacial score (nSPS) is 10.9. The molecule has 30 heavy (non-hydrogen) atoms. The number of carbonyl (C=O) groups excluding carboxylic acids is 2. The molecular formula is C21H19N5O4. The summed E-state index contributed by atoms with van der Waals surface area (Å²) in [6.07, 6.45) is 2.24. The largest absolute Gasteiger partial charge is 0.497 e. The van der Waals surface area contributed by atoms with Crippen molar-refractivity contribution in [3.8, 4) is 5.75 Å². The molecule has 152 valence electrons. The standard InChI is InChI=1S/C21H19N5O4/c1-29-14-7-9-18-13(11-14)12-22-20-17(24-25-26(18)20)8-10-19(27)23-16-6-4-3-5-15(16)21(28)30-2/h3-7,9,11-12H,8,10H2,1-2H3,(H,23,27). The van der Waals surface area contributed by atoms with Crippen LogP contribution >= 0.6 is 0 Å². The third kappa shape index (κ3) is 3.64. The van der Waals surface area contributed by atoms with Crippen LogP contribution in [0.3, 0.4) is 0 Å². The van der Waals surface area contributed by atoms with E-state index >= 15 is 0 Å². The van der Waals surface area contributed by atoms with Gasteiger partial charge in [0.05, 0.1) is 31.0 Å². The summed E-state index contributed by atoms with van der Waals surface area (Å²) in [6, 6.07) is 12.3. The highest BCUT2D eigenvalue weighted by molar-refractivity contribution is 6.01. The number of methoxy groups -OCH3 is 2. The van der Waals surface area contributed by atoms with Crippen molar-refractivity contribution in [2.45, 2.75) is 12.8 Å². The smallest absolute Gasteiger partial charge is 0.339 e. The molecule has 0 bridgehead atoms. The van der Waals surface area contributed by atoms with E-state index in [1.165, 1.54) is 7.11 Å². The molecule has 0 spiro atoms. The minimum Gasteiger partial charge on any atom is -0.497 e. The maximum atomic E-state index is 12.4. The number of aryl methyl sites for hydroxylation is 1. The van der Waals surface area contributed by atoms with E-state index in [-0.39, 0.29) is 12.3 Å². The van der Waals surface area contributed by atoms with Crippen LogP contribution in [0.5, 0.6) is 5.75 Å². The molecule has 0 aliphatic rings. The lowest BCUT2D eigenvalue weighted by Gasteiger charge is -2.09. The number of fused-ring (bicyclic) bond motifs is 3. The molecule has 2 heterocycles. The molecule has 0 aliphatic carbocycles. The van der Waals surface area contributed by atoms with Crippen LogP contribution in [0.2, 0.25) is 0 Å². The SMILES string of the molecule is COC(=O)c1ccccc1NC(=O)CCc1nnn2c1ncc1cc(OC)ccc12. The average molecular weight is 405 g/mol. The molecule has 0 saturated heterocycles. The zero-order valence-corrected chi connectivity index (χ0v) is 16.5. The summed E-state index contributed by atoms with van der Waals surface area (Å²) in [5.41, 5.74) is 2.75. The van der Waals surface area contributed by atoms with Gasteiger partial charge in [0.25, 0.3) is 0 Å². The third-order valence-electron chi connectivity index (χ3n) is 4.70. The number of carbonyl (C=O) groups is 2. The van der Waals surface area contributed by atoms with Crippen LogP contribution in [0.25, 0.3) is 16.6 Å². The number of amides is 1. The van der Waals surface area contributed by atoms with Gasteiger partial charge in [0, 0.05) is 24.4 Å². The van der Waals surface area contributed by atoms with Gasteiger partial charge >= 0.3 is 5.97 Å². The van der Waals surface area contributed by atoms with Crippen molar-refractivity contribution >= 4 is 34.1 Å². The van der Waals surface area contributed by atoms with E-state index in [1.54, 1.807) is 42.1 Å². The topological polar surface area (TPSA) is 108 Å². The lowest BCUT2D eigenvalue weighted by molar-refractivity contribution is -0.116. The van der Waals surface area contributed by atoms with Gasteiger partial charge in [-0.3, -0.25) is 4.79 Å². The van der Waals surface area contributed by atoms with Crippen LogP contribution < -0.4 is 10.1 Å². The number of rotatable bonds is 6. The van der Waals surface area contributed by atoms with Gasteiger partial charge in [-0.2, -0.15) is 4.52 Å². The van der Waals surface area contributed by atoms with Crippen molar-refractivity contribution in [3.63, 3.8) is 0 Å². The molecule has 0 radical (unpaired) electrons. The minimum absolute atomic E-state index is 0.159. The highest BCUT2D eigenvalue weighted by atomic mass is 16.5. The Kier molecular flexibility index (Phi) is 5.25. The molecule has 4 aromatic rings. The first-order valence-electron chi connectivity index (χ1n) is 9.25. The fourth-order valence-electron chi connectivity index (χ4n) is 3.17. The zero-order valence-electron chi connectivity index (χ0n) is 16.5. The average Bonchev–Trinajstić information content (AvgIpc) is 3.20. The number of aromatic nitrogens is 4. The third-order valence-corrected chi connectivity index (χ3v) is 4.70. The molecule has 2 aromatic carbocycles. The van der Waals surface area contributed by atoms with E-state index in [0.29, 0.717) is 29.0 Å². The van der Waals surface area contributed by atoms with Gasteiger partial charge in [0.1, 0.15) is 11.4 Å². The fourth-order valence-corrected chi connectivity index (χ4v) is 3.17. The number of hydrogen-bond donors (Lipinski definition) is 1. The Morgan fingerprint density at radius 1 is 1.13 bits per heavy atom. The van der Waals surface area contributed by atoms with Gasteiger partial charge in [-0.05, 0) is 30.3 Å². The minimum atomic E-state index is -0.511. The first kappa shape index (κ1) is 19.3. The van der Waals surface area contributed by atoms with Gasteiger partial charge in [-0.25, -0.2) is 9.78 Å². The molecule has 4 rings (SSSR count). The molecule has 0 aliphatic heterocycles. The number of esters is 1. The monoisotopic (exact) mass is 405 g/mol. The Balaban J connectivity index is 1.51. The van der Waals surface area contributed by atoms with E-state index in [0.717, 1.165) is 16.7 Å². The summed E-state index contributed by atoms with van der Waals surface area (Å²) < 4.78 is 11.6. The summed E-state index contributed by atoms with van der Waals surface area (Å²) in [5.74, 6) is -0.0335. The van der Waals surface area contributed by atoms with Crippen LogP contribution in [0, 0.1) is 0 Å². The molecular weight excluding hydrogens is 386 g/mol. The van der Waals surface area contributed by atoms with E-state index in [1.807, 2.05) is 18.2 Å². The highest BCUT2D eigenvalue weighted by Gasteiger charge is 2.15. The summed E-state index contributed by atoms with van der Waals surface area (Å²) in [7, 11) is 2.90. The number of ether oxygens (including phenoxy) is 2. The number of hydrogen-bond acceptors (Lipinski definition) is 7. The maximum Gasteiger partial charge on any atom is 0.339 e. The number of para-hydroxylation sites is 1. The lowest BCUT2D eigenvalue weighted by atomic mass is 10.1. The fraction of sp³-hybridized carbons (Fsp3) is 0.190. The second kappa shape index (κ2) is 8.16.